The van der Waals surface area contributed by atoms with Gasteiger partial charge in [0.05, 0.1) is 17.5 Å². The van der Waals surface area contributed by atoms with Crippen molar-refractivity contribution in [1.29, 1.82) is 0 Å². The highest BCUT2D eigenvalue weighted by atomic mass is 32.1. The van der Waals surface area contributed by atoms with Crippen molar-refractivity contribution in [2.45, 2.75) is 32.4 Å². The molecule has 3 nitrogen and oxygen atoms in total. The Hall–Kier alpha value is -1.13. The summed E-state index contributed by atoms with van der Waals surface area (Å²) < 4.78 is 5.29. The molecule has 2 heterocycles. The van der Waals surface area contributed by atoms with E-state index in [1.54, 1.807) is 17.6 Å². The highest BCUT2D eigenvalue weighted by Gasteiger charge is 2.20. The van der Waals surface area contributed by atoms with Crippen molar-refractivity contribution in [2.24, 2.45) is 0 Å². The van der Waals surface area contributed by atoms with Crippen LogP contribution in [0.25, 0.3) is 10.6 Å². The predicted molar refractivity (Wildman–Crippen MR) is 64.4 cm³/mol. The van der Waals surface area contributed by atoms with E-state index in [9.17, 15) is 0 Å². The molecule has 0 unspecified atom stereocenters. The van der Waals surface area contributed by atoms with Crippen molar-refractivity contribution in [3.63, 3.8) is 0 Å². The van der Waals surface area contributed by atoms with E-state index in [1.165, 1.54) is 12.8 Å². The summed E-state index contributed by atoms with van der Waals surface area (Å²) in [5, 5.41) is 6.64. The van der Waals surface area contributed by atoms with Crippen LogP contribution in [0.3, 0.4) is 0 Å². The van der Waals surface area contributed by atoms with Crippen LogP contribution in [0.2, 0.25) is 0 Å². The lowest BCUT2D eigenvalue weighted by Crippen LogP contribution is -2.15. The smallest absolute Gasteiger partial charge is 0.127 e. The normalized spacial score (nSPS) is 15.6. The Morgan fingerprint density at radius 2 is 2.44 bits per heavy atom. The van der Waals surface area contributed by atoms with Crippen LogP contribution in [0.4, 0.5) is 0 Å². The van der Waals surface area contributed by atoms with Gasteiger partial charge < -0.3 is 9.73 Å². The van der Waals surface area contributed by atoms with Crippen LogP contribution in [-0.4, -0.2) is 11.0 Å². The average molecular weight is 234 g/mol. The highest BCUT2D eigenvalue weighted by Crippen LogP contribution is 2.27. The van der Waals surface area contributed by atoms with Gasteiger partial charge in [0.25, 0.3) is 0 Å². The van der Waals surface area contributed by atoms with Gasteiger partial charge in [-0.2, -0.15) is 0 Å². The number of rotatable bonds is 4. The summed E-state index contributed by atoms with van der Waals surface area (Å²) >= 11 is 1.68. The summed E-state index contributed by atoms with van der Waals surface area (Å²) in [5.41, 5.74) is 2.25. The second kappa shape index (κ2) is 4.03. The first-order valence-electron chi connectivity index (χ1n) is 5.55. The van der Waals surface area contributed by atoms with Gasteiger partial charge in [0.2, 0.25) is 0 Å². The summed E-state index contributed by atoms with van der Waals surface area (Å²) in [5.74, 6) is 0.941. The number of thiazole rings is 1. The summed E-state index contributed by atoms with van der Waals surface area (Å²) in [6, 6.07) is 2.72. The lowest BCUT2D eigenvalue weighted by atomic mass is 10.3. The standard InChI is InChI=1S/C12H14N2OS/c1-8-11(4-5-15-8)12-14-10(7-16-12)6-13-9-2-3-9/h4-5,7,9,13H,2-3,6H2,1H3. The van der Waals surface area contributed by atoms with Crippen molar-refractivity contribution in [3.05, 3.63) is 29.2 Å². The molecule has 84 valence electrons. The van der Waals surface area contributed by atoms with Gasteiger partial charge in [-0.25, -0.2) is 4.98 Å². The van der Waals surface area contributed by atoms with Crippen LogP contribution in [0.1, 0.15) is 24.3 Å². The Morgan fingerprint density at radius 3 is 3.12 bits per heavy atom. The summed E-state index contributed by atoms with van der Waals surface area (Å²) in [4.78, 5) is 4.61. The first-order chi connectivity index (χ1) is 7.83. The molecule has 2 aromatic heterocycles. The van der Waals surface area contributed by atoms with Crippen molar-refractivity contribution in [2.75, 3.05) is 0 Å². The van der Waals surface area contributed by atoms with E-state index in [4.69, 9.17) is 4.42 Å². The van der Waals surface area contributed by atoms with E-state index in [0.717, 1.165) is 34.6 Å². The van der Waals surface area contributed by atoms with Crippen molar-refractivity contribution in [3.8, 4) is 10.6 Å². The zero-order valence-corrected chi connectivity index (χ0v) is 10.0. The van der Waals surface area contributed by atoms with Gasteiger partial charge in [-0.3, -0.25) is 0 Å². The third kappa shape index (κ3) is 2.03. The van der Waals surface area contributed by atoms with Crippen LogP contribution in [-0.2, 0) is 6.54 Å². The minimum absolute atomic E-state index is 0.737. The number of hydrogen-bond acceptors (Lipinski definition) is 4. The van der Waals surface area contributed by atoms with Crippen LogP contribution in [0.5, 0.6) is 0 Å². The monoisotopic (exact) mass is 234 g/mol. The Balaban J connectivity index is 1.74. The third-order valence-corrected chi connectivity index (χ3v) is 3.71. The molecule has 0 atom stereocenters. The van der Waals surface area contributed by atoms with Crippen LogP contribution >= 0.6 is 11.3 Å². The van der Waals surface area contributed by atoms with Gasteiger partial charge in [0, 0.05) is 18.0 Å². The predicted octanol–water partition coefficient (Wildman–Crippen LogP) is 2.96. The molecule has 2 aromatic rings. The minimum Gasteiger partial charge on any atom is -0.469 e. The third-order valence-electron chi connectivity index (χ3n) is 2.79. The fourth-order valence-corrected chi connectivity index (χ4v) is 2.55. The van der Waals surface area contributed by atoms with Gasteiger partial charge >= 0.3 is 0 Å². The fraction of sp³-hybridized carbons (Fsp3) is 0.417. The van der Waals surface area contributed by atoms with Gasteiger partial charge in [0.15, 0.2) is 0 Å². The number of furan rings is 1. The second-order valence-corrected chi connectivity index (χ2v) is 5.05. The lowest BCUT2D eigenvalue weighted by Gasteiger charge is -1.97. The van der Waals surface area contributed by atoms with Crippen LogP contribution in [0.15, 0.2) is 22.1 Å². The van der Waals surface area contributed by atoms with Crippen LogP contribution < -0.4 is 5.32 Å². The maximum atomic E-state index is 5.29. The summed E-state index contributed by atoms with van der Waals surface area (Å²) in [6.07, 6.45) is 4.35. The Morgan fingerprint density at radius 1 is 1.56 bits per heavy atom. The molecule has 0 spiro atoms. The number of nitrogens with zero attached hydrogens (tertiary/aromatic N) is 1. The molecular formula is C12H14N2OS. The van der Waals surface area contributed by atoms with Gasteiger partial charge in [0.1, 0.15) is 10.8 Å². The molecule has 1 N–H and O–H groups in total. The number of aromatic nitrogens is 1. The maximum Gasteiger partial charge on any atom is 0.127 e. The molecule has 0 amide bonds. The topological polar surface area (TPSA) is 38.1 Å². The zero-order chi connectivity index (χ0) is 11.0. The molecule has 0 aliphatic heterocycles. The molecular weight excluding hydrogens is 220 g/mol. The van der Waals surface area contributed by atoms with E-state index in [2.05, 4.69) is 15.7 Å². The molecule has 0 saturated heterocycles. The van der Waals surface area contributed by atoms with Gasteiger partial charge in [-0.15, -0.1) is 11.3 Å². The molecule has 1 aliphatic rings. The van der Waals surface area contributed by atoms with Crippen molar-refractivity contribution < 1.29 is 4.42 Å². The Kier molecular flexibility index (Phi) is 2.53. The summed E-state index contributed by atoms with van der Waals surface area (Å²) in [6.45, 7) is 2.86. The molecule has 1 aliphatic carbocycles. The summed E-state index contributed by atoms with van der Waals surface area (Å²) in [7, 11) is 0. The molecule has 0 aromatic carbocycles. The van der Waals surface area contributed by atoms with Gasteiger partial charge in [-0.1, -0.05) is 0 Å². The maximum absolute atomic E-state index is 5.29. The van der Waals surface area contributed by atoms with Crippen LogP contribution in [0, 0.1) is 6.92 Å². The van der Waals surface area contributed by atoms with Crippen molar-refractivity contribution in [1.82, 2.24) is 10.3 Å². The fourth-order valence-electron chi connectivity index (χ4n) is 1.66. The Bertz CT molecular complexity index is 485. The van der Waals surface area contributed by atoms with E-state index < -0.39 is 0 Å². The molecule has 0 radical (unpaired) electrons. The first-order valence-corrected chi connectivity index (χ1v) is 6.43. The average Bonchev–Trinajstić information content (AvgIpc) is 2.82. The van der Waals surface area contributed by atoms with Crippen molar-refractivity contribution >= 4 is 11.3 Å². The number of aryl methyl sites for hydroxylation is 1. The molecule has 0 bridgehead atoms. The van der Waals surface area contributed by atoms with E-state index in [0.29, 0.717) is 0 Å². The number of nitrogens with one attached hydrogen (secondary N) is 1. The molecule has 1 fully saturated rings. The molecule has 4 heteroatoms. The minimum atomic E-state index is 0.737. The second-order valence-electron chi connectivity index (χ2n) is 4.19. The largest absolute Gasteiger partial charge is 0.469 e. The van der Waals surface area contributed by atoms with Gasteiger partial charge in [-0.05, 0) is 25.8 Å². The molecule has 3 rings (SSSR count). The van der Waals surface area contributed by atoms with E-state index >= 15 is 0 Å². The number of hydrogen-bond donors (Lipinski definition) is 1. The quantitative estimate of drug-likeness (QED) is 0.883. The highest BCUT2D eigenvalue weighted by molar-refractivity contribution is 7.13. The first kappa shape index (κ1) is 10.1. The van der Waals surface area contributed by atoms with E-state index in [-0.39, 0.29) is 0 Å². The molecule has 1 saturated carbocycles. The lowest BCUT2D eigenvalue weighted by molar-refractivity contribution is 0.535. The SMILES string of the molecule is Cc1occc1-c1nc(CNC2CC2)cs1. The Labute approximate surface area is 98.5 Å². The molecule has 16 heavy (non-hydrogen) atoms. The zero-order valence-electron chi connectivity index (χ0n) is 9.19. The van der Waals surface area contributed by atoms with E-state index in [1.807, 2.05) is 13.0 Å².